The third-order valence-electron chi connectivity index (χ3n) is 1.52. The Morgan fingerprint density at radius 1 is 1.71 bits per heavy atom. The molecule has 5 nitrogen and oxygen atoms in total. The first-order valence-corrected chi connectivity index (χ1v) is 5.08. The quantitative estimate of drug-likeness (QED) is 0.665. The Labute approximate surface area is 95.4 Å². The molecule has 0 saturated heterocycles. The number of hydrogen-bond acceptors (Lipinski definition) is 5. The molecule has 0 amide bonds. The standard InChI is InChI=1S/C8H10IN3O2/c1-14-7(13)2-3-11-8-6(9)4-10-5-12-8/h4-5H,2-3H2,1H3,(H,10,11,12). The SMILES string of the molecule is COC(=O)CCNc1ncncc1I. The van der Waals surface area contributed by atoms with Crippen LogP contribution in [0.3, 0.4) is 0 Å². The van der Waals surface area contributed by atoms with Crippen LogP contribution < -0.4 is 5.32 Å². The number of hydrogen-bond donors (Lipinski definition) is 1. The number of nitrogens with zero attached hydrogens (tertiary/aromatic N) is 2. The third kappa shape index (κ3) is 3.44. The van der Waals surface area contributed by atoms with Gasteiger partial charge in [-0.25, -0.2) is 9.97 Å². The van der Waals surface area contributed by atoms with E-state index in [1.54, 1.807) is 6.20 Å². The van der Waals surface area contributed by atoms with Gasteiger partial charge in [0.25, 0.3) is 0 Å². The molecular formula is C8H10IN3O2. The van der Waals surface area contributed by atoms with Crippen molar-refractivity contribution in [3.63, 3.8) is 0 Å². The number of nitrogens with one attached hydrogen (secondary N) is 1. The lowest BCUT2D eigenvalue weighted by molar-refractivity contribution is -0.140. The molecule has 14 heavy (non-hydrogen) atoms. The summed E-state index contributed by atoms with van der Waals surface area (Å²) in [5.74, 6) is 0.506. The second kappa shape index (κ2) is 5.74. The molecule has 0 aromatic carbocycles. The molecule has 0 bridgehead atoms. The lowest BCUT2D eigenvalue weighted by Crippen LogP contribution is -2.11. The highest BCUT2D eigenvalue weighted by Gasteiger charge is 2.02. The maximum Gasteiger partial charge on any atom is 0.307 e. The van der Waals surface area contributed by atoms with E-state index in [-0.39, 0.29) is 5.97 Å². The molecule has 0 radical (unpaired) electrons. The molecule has 1 N–H and O–H groups in total. The summed E-state index contributed by atoms with van der Waals surface area (Å²) in [7, 11) is 1.37. The summed E-state index contributed by atoms with van der Waals surface area (Å²) < 4.78 is 5.43. The maximum atomic E-state index is 10.8. The highest BCUT2D eigenvalue weighted by Crippen LogP contribution is 2.11. The van der Waals surface area contributed by atoms with E-state index < -0.39 is 0 Å². The van der Waals surface area contributed by atoms with Gasteiger partial charge in [0, 0.05) is 12.7 Å². The number of aromatic nitrogens is 2. The maximum absolute atomic E-state index is 10.8. The molecular weight excluding hydrogens is 297 g/mol. The van der Waals surface area contributed by atoms with E-state index in [0.29, 0.717) is 13.0 Å². The average Bonchev–Trinajstić information content (AvgIpc) is 2.20. The third-order valence-corrected chi connectivity index (χ3v) is 2.31. The Morgan fingerprint density at radius 2 is 2.50 bits per heavy atom. The van der Waals surface area contributed by atoms with E-state index in [2.05, 4.69) is 42.6 Å². The summed E-state index contributed by atoms with van der Waals surface area (Å²) in [6, 6.07) is 0. The van der Waals surface area contributed by atoms with E-state index in [9.17, 15) is 4.79 Å². The smallest absolute Gasteiger partial charge is 0.307 e. The van der Waals surface area contributed by atoms with E-state index in [0.717, 1.165) is 9.39 Å². The number of esters is 1. The molecule has 0 unspecified atom stereocenters. The van der Waals surface area contributed by atoms with Gasteiger partial charge >= 0.3 is 5.97 Å². The molecule has 1 aromatic heterocycles. The zero-order valence-electron chi connectivity index (χ0n) is 7.66. The van der Waals surface area contributed by atoms with Gasteiger partial charge in [-0.3, -0.25) is 4.79 Å². The summed E-state index contributed by atoms with van der Waals surface area (Å²) in [5.41, 5.74) is 0. The van der Waals surface area contributed by atoms with Crippen molar-refractivity contribution < 1.29 is 9.53 Å². The van der Waals surface area contributed by atoms with Crippen molar-refractivity contribution in [3.8, 4) is 0 Å². The van der Waals surface area contributed by atoms with Crippen molar-refractivity contribution in [1.29, 1.82) is 0 Å². The van der Waals surface area contributed by atoms with Crippen LogP contribution in [-0.2, 0) is 9.53 Å². The highest BCUT2D eigenvalue weighted by atomic mass is 127. The van der Waals surface area contributed by atoms with Gasteiger partial charge < -0.3 is 10.1 Å². The number of halogens is 1. The van der Waals surface area contributed by atoms with Crippen LogP contribution in [0.5, 0.6) is 0 Å². The highest BCUT2D eigenvalue weighted by molar-refractivity contribution is 14.1. The normalized spacial score (nSPS) is 9.57. The van der Waals surface area contributed by atoms with Gasteiger partial charge in [-0.15, -0.1) is 0 Å². The van der Waals surface area contributed by atoms with Crippen LogP contribution in [0.2, 0.25) is 0 Å². The Balaban J connectivity index is 2.39. The first kappa shape index (κ1) is 11.2. The lowest BCUT2D eigenvalue weighted by Gasteiger charge is -2.05. The van der Waals surface area contributed by atoms with E-state index in [4.69, 9.17) is 0 Å². The van der Waals surface area contributed by atoms with Crippen LogP contribution in [0, 0.1) is 3.57 Å². The molecule has 6 heteroatoms. The molecule has 1 rings (SSSR count). The Kier molecular flexibility index (Phi) is 4.57. The molecule has 1 aromatic rings. The van der Waals surface area contributed by atoms with Crippen LogP contribution in [0.15, 0.2) is 12.5 Å². The summed E-state index contributed by atoms with van der Waals surface area (Å²) >= 11 is 2.12. The van der Waals surface area contributed by atoms with Crippen molar-refractivity contribution in [2.75, 3.05) is 19.0 Å². The molecule has 0 aliphatic heterocycles. The Hall–Kier alpha value is -0.920. The first-order chi connectivity index (χ1) is 6.74. The number of carbonyl (C=O) groups is 1. The largest absolute Gasteiger partial charge is 0.469 e. The van der Waals surface area contributed by atoms with Crippen LogP contribution in [0.4, 0.5) is 5.82 Å². The molecule has 0 saturated carbocycles. The number of anilines is 1. The summed E-state index contributed by atoms with van der Waals surface area (Å²) in [6.07, 6.45) is 3.49. The number of rotatable bonds is 4. The molecule has 0 aliphatic carbocycles. The van der Waals surface area contributed by atoms with Crippen molar-refractivity contribution in [2.24, 2.45) is 0 Å². The van der Waals surface area contributed by atoms with Crippen molar-refractivity contribution in [3.05, 3.63) is 16.1 Å². The van der Waals surface area contributed by atoms with E-state index in [1.165, 1.54) is 13.4 Å². The summed E-state index contributed by atoms with van der Waals surface area (Å²) in [4.78, 5) is 18.7. The van der Waals surface area contributed by atoms with Crippen molar-refractivity contribution in [1.82, 2.24) is 9.97 Å². The zero-order valence-corrected chi connectivity index (χ0v) is 9.82. The van der Waals surface area contributed by atoms with Crippen LogP contribution >= 0.6 is 22.6 Å². The zero-order chi connectivity index (χ0) is 10.4. The van der Waals surface area contributed by atoms with Crippen LogP contribution in [0.1, 0.15) is 6.42 Å². The van der Waals surface area contributed by atoms with Gasteiger partial charge in [-0.05, 0) is 22.6 Å². The molecule has 0 aliphatic rings. The lowest BCUT2D eigenvalue weighted by atomic mass is 10.4. The number of carbonyl (C=O) groups excluding carboxylic acids is 1. The van der Waals surface area contributed by atoms with Gasteiger partial charge in [-0.2, -0.15) is 0 Å². The van der Waals surface area contributed by atoms with Crippen LogP contribution in [-0.4, -0.2) is 29.6 Å². The summed E-state index contributed by atoms with van der Waals surface area (Å²) in [5, 5.41) is 3.02. The fourth-order valence-corrected chi connectivity index (χ4v) is 1.32. The van der Waals surface area contributed by atoms with Crippen LogP contribution in [0.25, 0.3) is 0 Å². The monoisotopic (exact) mass is 307 g/mol. The molecule has 76 valence electrons. The first-order valence-electron chi connectivity index (χ1n) is 4.00. The minimum absolute atomic E-state index is 0.235. The molecule has 0 fully saturated rings. The number of methoxy groups -OCH3 is 1. The van der Waals surface area contributed by atoms with Gasteiger partial charge in [0.1, 0.15) is 12.1 Å². The molecule has 1 heterocycles. The van der Waals surface area contributed by atoms with E-state index in [1.807, 2.05) is 0 Å². The van der Waals surface area contributed by atoms with Gasteiger partial charge in [0.05, 0.1) is 17.1 Å². The summed E-state index contributed by atoms with van der Waals surface area (Å²) in [6.45, 7) is 0.514. The fraction of sp³-hybridized carbons (Fsp3) is 0.375. The van der Waals surface area contributed by atoms with E-state index >= 15 is 0 Å². The minimum Gasteiger partial charge on any atom is -0.469 e. The fourth-order valence-electron chi connectivity index (χ4n) is 0.828. The van der Waals surface area contributed by atoms with Gasteiger partial charge in [0.2, 0.25) is 0 Å². The topological polar surface area (TPSA) is 64.1 Å². The van der Waals surface area contributed by atoms with Gasteiger partial charge in [0.15, 0.2) is 0 Å². The Bertz CT molecular complexity index is 319. The van der Waals surface area contributed by atoms with Crippen molar-refractivity contribution in [2.45, 2.75) is 6.42 Å². The predicted octanol–water partition coefficient (Wildman–Crippen LogP) is 1.06. The van der Waals surface area contributed by atoms with Crippen molar-refractivity contribution >= 4 is 34.4 Å². The minimum atomic E-state index is -0.235. The second-order valence-corrected chi connectivity index (χ2v) is 3.63. The van der Waals surface area contributed by atoms with Gasteiger partial charge in [-0.1, -0.05) is 0 Å². The Morgan fingerprint density at radius 3 is 3.14 bits per heavy atom. The molecule has 0 spiro atoms. The molecule has 0 atom stereocenters. The average molecular weight is 307 g/mol. The number of ether oxygens (including phenoxy) is 1. The second-order valence-electron chi connectivity index (χ2n) is 2.47. The predicted molar refractivity (Wildman–Crippen MR) is 59.9 cm³/mol.